The van der Waals surface area contributed by atoms with Gasteiger partial charge in [0.05, 0.1) is 19.2 Å². The number of methoxy groups -OCH3 is 1. The zero-order chi connectivity index (χ0) is 21.1. The van der Waals surface area contributed by atoms with Gasteiger partial charge in [-0.2, -0.15) is 0 Å². The Morgan fingerprint density at radius 3 is 2.33 bits per heavy atom. The number of nitrogens with zero attached hydrogens (tertiary/aromatic N) is 1. The number of anilines is 1. The van der Waals surface area contributed by atoms with Crippen LogP contribution in [0.15, 0.2) is 84.6 Å². The molecule has 0 fully saturated rings. The summed E-state index contributed by atoms with van der Waals surface area (Å²) < 4.78 is 5.26. The Labute approximate surface area is 179 Å². The third-order valence-electron chi connectivity index (χ3n) is 4.82. The van der Waals surface area contributed by atoms with E-state index in [2.05, 4.69) is 5.32 Å². The summed E-state index contributed by atoms with van der Waals surface area (Å²) in [5.41, 5.74) is 2.69. The average molecular weight is 419 g/mol. The van der Waals surface area contributed by atoms with Gasteiger partial charge >= 0.3 is 0 Å². The van der Waals surface area contributed by atoms with E-state index in [1.165, 1.54) is 4.90 Å². The largest absolute Gasteiger partial charge is 0.497 e. The molecular formula is C24H19ClN2O3. The second-order valence-corrected chi connectivity index (χ2v) is 7.23. The fourth-order valence-electron chi connectivity index (χ4n) is 3.33. The zero-order valence-electron chi connectivity index (χ0n) is 16.3. The minimum absolute atomic E-state index is 0.193. The molecule has 0 spiro atoms. The molecule has 4 rings (SSSR count). The molecule has 1 N–H and O–H groups in total. The van der Waals surface area contributed by atoms with Gasteiger partial charge in [-0.1, -0.05) is 60.1 Å². The van der Waals surface area contributed by atoms with Gasteiger partial charge in [-0.25, -0.2) is 0 Å². The summed E-state index contributed by atoms with van der Waals surface area (Å²) in [5.74, 6) is -0.0836. The molecule has 3 aromatic carbocycles. The van der Waals surface area contributed by atoms with Crippen molar-refractivity contribution in [2.24, 2.45) is 0 Å². The lowest BCUT2D eigenvalue weighted by molar-refractivity contribution is -0.137. The third-order valence-corrected chi connectivity index (χ3v) is 5.08. The fraction of sp³-hybridized carbons (Fsp3) is 0.0833. The van der Waals surface area contributed by atoms with Gasteiger partial charge in [-0.15, -0.1) is 0 Å². The topological polar surface area (TPSA) is 58.6 Å². The SMILES string of the molecule is COc1cccc(NC2=C(c3ccc(Cl)cc3)C(=O)N(Cc3ccccc3)C2=O)c1. The standard InChI is InChI=1S/C24H19ClN2O3/c1-30-20-9-5-8-19(14-20)26-22-21(17-10-12-18(25)13-11-17)23(28)27(24(22)29)15-16-6-3-2-4-7-16/h2-14,26H,15H2,1H3. The average Bonchev–Trinajstić information content (AvgIpc) is 2.99. The lowest BCUT2D eigenvalue weighted by Gasteiger charge is -2.15. The predicted molar refractivity (Wildman–Crippen MR) is 117 cm³/mol. The Morgan fingerprint density at radius 1 is 0.900 bits per heavy atom. The summed E-state index contributed by atoms with van der Waals surface area (Å²) in [4.78, 5) is 27.8. The third kappa shape index (κ3) is 3.93. The molecule has 0 radical (unpaired) electrons. The van der Waals surface area contributed by atoms with Gasteiger partial charge < -0.3 is 10.1 Å². The Bertz CT molecular complexity index is 1120. The Morgan fingerprint density at radius 2 is 1.63 bits per heavy atom. The van der Waals surface area contributed by atoms with E-state index in [9.17, 15) is 9.59 Å². The molecule has 150 valence electrons. The molecule has 0 aliphatic carbocycles. The van der Waals surface area contributed by atoms with Gasteiger partial charge in [0.25, 0.3) is 11.8 Å². The van der Waals surface area contributed by atoms with E-state index < -0.39 is 0 Å². The van der Waals surface area contributed by atoms with Crippen LogP contribution in [0.3, 0.4) is 0 Å². The van der Waals surface area contributed by atoms with Crippen LogP contribution in [0.2, 0.25) is 5.02 Å². The van der Waals surface area contributed by atoms with E-state index in [4.69, 9.17) is 16.3 Å². The van der Waals surface area contributed by atoms with Crippen molar-refractivity contribution in [3.05, 3.63) is 101 Å². The number of imide groups is 1. The Balaban J connectivity index is 1.74. The van der Waals surface area contributed by atoms with Gasteiger partial charge in [0.15, 0.2) is 0 Å². The van der Waals surface area contributed by atoms with E-state index in [1.54, 1.807) is 37.4 Å². The molecule has 2 amide bonds. The maximum Gasteiger partial charge on any atom is 0.278 e. The van der Waals surface area contributed by atoms with Gasteiger partial charge in [0.2, 0.25) is 0 Å². The van der Waals surface area contributed by atoms with Gasteiger partial charge in [-0.3, -0.25) is 14.5 Å². The molecule has 30 heavy (non-hydrogen) atoms. The predicted octanol–water partition coefficient (Wildman–Crippen LogP) is 4.74. The molecule has 3 aromatic rings. The quantitative estimate of drug-likeness (QED) is 0.587. The summed E-state index contributed by atoms with van der Waals surface area (Å²) in [5, 5.41) is 3.68. The van der Waals surface area contributed by atoms with Gasteiger partial charge in [-0.05, 0) is 35.4 Å². The smallest absolute Gasteiger partial charge is 0.278 e. The molecule has 0 bridgehead atoms. The number of benzene rings is 3. The van der Waals surface area contributed by atoms with Crippen LogP contribution in [-0.4, -0.2) is 23.8 Å². The van der Waals surface area contributed by atoms with Crippen molar-refractivity contribution in [3.8, 4) is 5.75 Å². The first-order valence-corrected chi connectivity index (χ1v) is 9.76. The summed E-state index contributed by atoms with van der Waals surface area (Å²) in [6.45, 7) is 0.193. The maximum absolute atomic E-state index is 13.3. The highest BCUT2D eigenvalue weighted by molar-refractivity contribution is 6.36. The number of carbonyl (C=O) groups is 2. The summed E-state index contributed by atoms with van der Waals surface area (Å²) in [7, 11) is 1.57. The maximum atomic E-state index is 13.3. The first kappa shape index (κ1) is 19.7. The number of hydrogen-bond donors (Lipinski definition) is 1. The Hall–Kier alpha value is -3.57. The van der Waals surface area contributed by atoms with E-state index in [1.807, 2.05) is 48.5 Å². The van der Waals surface area contributed by atoms with Crippen LogP contribution in [0, 0.1) is 0 Å². The highest BCUT2D eigenvalue weighted by atomic mass is 35.5. The van der Waals surface area contributed by atoms with Crippen LogP contribution in [0.4, 0.5) is 5.69 Å². The van der Waals surface area contributed by atoms with Gasteiger partial charge in [0.1, 0.15) is 11.4 Å². The van der Waals surface area contributed by atoms with E-state index in [0.29, 0.717) is 27.6 Å². The number of ether oxygens (including phenoxy) is 1. The molecular weight excluding hydrogens is 400 g/mol. The minimum Gasteiger partial charge on any atom is -0.497 e. The Kier molecular flexibility index (Phi) is 5.55. The van der Waals surface area contributed by atoms with E-state index in [0.717, 1.165) is 5.56 Å². The number of nitrogens with one attached hydrogen (secondary N) is 1. The van der Waals surface area contributed by atoms with Crippen LogP contribution in [0.1, 0.15) is 11.1 Å². The van der Waals surface area contributed by atoms with Crippen molar-refractivity contribution in [1.82, 2.24) is 4.90 Å². The number of hydrogen-bond acceptors (Lipinski definition) is 4. The number of rotatable bonds is 6. The lowest BCUT2D eigenvalue weighted by atomic mass is 10.0. The van der Waals surface area contributed by atoms with Crippen molar-refractivity contribution in [3.63, 3.8) is 0 Å². The van der Waals surface area contributed by atoms with Crippen LogP contribution < -0.4 is 10.1 Å². The molecule has 0 aromatic heterocycles. The second-order valence-electron chi connectivity index (χ2n) is 6.80. The van der Waals surface area contributed by atoms with Crippen LogP contribution in [0.5, 0.6) is 5.75 Å². The molecule has 0 saturated carbocycles. The minimum atomic E-state index is -0.378. The second kappa shape index (κ2) is 8.43. The van der Waals surface area contributed by atoms with Crippen LogP contribution >= 0.6 is 11.6 Å². The monoisotopic (exact) mass is 418 g/mol. The lowest BCUT2D eigenvalue weighted by Crippen LogP contribution is -2.31. The van der Waals surface area contributed by atoms with Crippen molar-refractivity contribution in [1.29, 1.82) is 0 Å². The van der Waals surface area contributed by atoms with Crippen molar-refractivity contribution >= 4 is 34.7 Å². The van der Waals surface area contributed by atoms with Crippen LogP contribution in [0.25, 0.3) is 5.57 Å². The first-order valence-electron chi connectivity index (χ1n) is 9.38. The van der Waals surface area contributed by atoms with E-state index in [-0.39, 0.29) is 24.1 Å². The van der Waals surface area contributed by atoms with Crippen LogP contribution in [-0.2, 0) is 16.1 Å². The molecule has 5 nitrogen and oxygen atoms in total. The molecule has 1 aliphatic rings. The van der Waals surface area contributed by atoms with E-state index >= 15 is 0 Å². The number of halogens is 1. The number of amides is 2. The number of carbonyl (C=O) groups excluding carboxylic acids is 2. The zero-order valence-corrected chi connectivity index (χ0v) is 17.0. The summed E-state index contributed by atoms with van der Waals surface area (Å²) in [6, 6.07) is 23.5. The highest BCUT2D eigenvalue weighted by Gasteiger charge is 2.39. The molecule has 6 heteroatoms. The molecule has 1 aliphatic heterocycles. The van der Waals surface area contributed by atoms with Gasteiger partial charge in [0, 0.05) is 16.8 Å². The molecule has 0 saturated heterocycles. The molecule has 1 heterocycles. The summed E-state index contributed by atoms with van der Waals surface area (Å²) >= 11 is 6.01. The molecule has 0 atom stereocenters. The summed E-state index contributed by atoms with van der Waals surface area (Å²) in [6.07, 6.45) is 0. The fourth-order valence-corrected chi connectivity index (χ4v) is 3.46. The van der Waals surface area contributed by atoms with Crippen molar-refractivity contribution in [2.45, 2.75) is 6.54 Å². The van der Waals surface area contributed by atoms with Crippen molar-refractivity contribution < 1.29 is 14.3 Å². The first-order chi connectivity index (χ1) is 14.6. The molecule has 0 unspecified atom stereocenters. The van der Waals surface area contributed by atoms with Crippen molar-refractivity contribution in [2.75, 3.05) is 12.4 Å². The highest BCUT2D eigenvalue weighted by Crippen LogP contribution is 2.32. The normalized spacial score (nSPS) is 13.7.